The summed E-state index contributed by atoms with van der Waals surface area (Å²) in [5.41, 5.74) is 10.3. The van der Waals surface area contributed by atoms with Gasteiger partial charge in [0.1, 0.15) is 12.3 Å². The number of aliphatic carboxylic acids is 1. The van der Waals surface area contributed by atoms with Crippen molar-refractivity contribution in [3.63, 3.8) is 0 Å². The molecule has 0 saturated heterocycles. The summed E-state index contributed by atoms with van der Waals surface area (Å²) >= 11 is 0. The molecule has 0 radical (unpaired) electrons. The Morgan fingerprint density at radius 3 is 2.18 bits per heavy atom. The second-order valence-corrected chi connectivity index (χ2v) is 4.70. The molecule has 3 amide bonds. The van der Waals surface area contributed by atoms with E-state index >= 15 is 0 Å². The lowest BCUT2D eigenvalue weighted by atomic mass is 10.1. The third-order valence-corrected chi connectivity index (χ3v) is 2.61. The van der Waals surface area contributed by atoms with Crippen molar-refractivity contribution in [3.8, 4) is 0 Å². The van der Waals surface area contributed by atoms with Crippen LogP contribution in [0.15, 0.2) is 0 Å². The maximum atomic E-state index is 12.0. The van der Waals surface area contributed by atoms with E-state index in [0.717, 1.165) is 0 Å². The van der Waals surface area contributed by atoms with Crippen molar-refractivity contribution in [1.29, 1.82) is 0 Å². The number of hydrogen-bond acceptors (Lipinski definition) is 6. The molecule has 7 N–H and O–H groups in total. The van der Waals surface area contributed by atoms with Crippen LogP contribution in [0.4, 0.5) is 0 Å². The third kappa shape index (κ3) is 7.94. The van der Waals surface area contributed by atoms with E-state index in [1.165, 1.54) is 6.92 Å². The highest BCUT2D eigenvalue weighted by Gasteiger charge is 2.25. The van der Waals surface area contributed by atoms with Gasteiger partial charge in [-0.25, -0.2) is 0 Å². The van der Waals surface area contributed by atoms with E-state index < -0.39 is 48.2 Å². The molecule has 0 heterocycles. The normalized spacial score (nSPS) is 14.3. The summed E-state index contributed by atoms with van der Waals surface area (Å²) in [4.78, 5) is 55.6. The SMILES string of the molecule is C[C@H](N)C(=O)N[C@@H](CCC(=O)O)C(=O)N[C@H](C=O)CC(N)=O. The maximum absolute atomic E-state index is 12.0. The number of hydrogen-bond donors (Lipinski definition) is 5. The molecule has 0 aliphatic rings. The van der Waals surface area contributed by atoms with Gasteiger partial charge in [-0.1, -0.05) is 0 Å². The first-order valence-electron chi connectivity index (χ1n) is 6.49. The molecular formula is C12H20N4O6. The molecule has 0 bridgehead atoms. The van der Waals surface area contributed by atoms with E-state index in [9.17, 15) is 24.0 Å². The molecule has 0 saturated carbocycles. The Morgan fingerprint density at radius 2 is 1.77 bits per heavy atom. The quantitative estimate of drug-likeness (QED) is 0.270. The molecule has 0 spiro atoms. The van der Waals surface area contributed by atoms with Crippen molar-refractivity contribution in [1.82, 2.24) is 10.6 Å². The van der Waals surface area contributed by atoms with Crippen LogP contribution in [0.2, 0.25) is 0 Å². The number of aldehydes is 1. The van der Waals surface area contributed by atoms with E-state index in [4.69, 9.17) is 16.6 Å². The number of rotatable bonds is 10. The smallest absolute Gasteiger partial charge is 0.303 e. The highest BCUT2D eigenvalue weighted by Crippen LogP contribution is 2.00. The second-order valence-electron chi connectivity index (χ2n) is 4.70. The average molecular weight is 316 g/mol. The van der Waals surface area contributed by atoms with Crippen LogP contribution in [0, 0.1) is 0 Å². The average Bonchev–Trinajstić information content (AvgIpc) is 2.41. The van der Waals surface area contributed by atoms with Crippen LogP contribution in [-0.2, 0) is 24.0 Å². The molecule has 3 atom stereocenters. The summed E-state index contributed by atoms with van der Waals surface area (Å²) in [5.74, 6) is -3.40. The van der Waals surface area contributed by atoms with Crippen molar-refractivity contribution in [3.05, 3.63) is 0 Å². The molecule has 0 fully saturated rings. The Bertz CT molecular complexity index is 451. The highest BCUT2D eigenvalue weighted by atomic mass is 16.4. The molecule has 22 heavy (non-hydrogen) atoms. The lowest BCUT2D eigenvalue weighted by molar-refractivity contribution is -0.138. The number of carboxylic acids is 1. The van der Waals surface area contributed by atoms with Crippen LogP contribution in [0.5, 0.6) is 0 Å². The van der Waals surface area contributed by atoms with Crippen molar-refractivity contribution in [2.24, 2.45) is 11.5 Å². The van der Waals surface area contributed by atoms with Gasteiger partial charge in [-0.05, 0) is 13.3 Å². The summed E-state index contributed by atoms with van der Waals surface area (Å²) < 4.78 is 0. The second kappa shape index (κ2) is 9.45. The summed E-state index contributed by atoms with van der Waals surface area (Å²) in [5, 5.41) is 13.1. The molecule has 0 aliphatic carbocycles. The van der Waals surface area contributed by atoms with E-state index in [2.05, 4.69) is 10.6 Å². The van der Waals surface area contributed by atoms with Crippen LogP contribution < -0.4 is 22.1 Å². The minimum atomic E-state index is -1.19. The molecule has 10 heteroatoms. The van der Waals surface area contributed by atoms with Crippen molar-refractivity contribution in [2.45, 2.75) is 44.3 Å². The number of nitrogens with two attached hydrogens (primary N) is 2. The van der Waals surface area contributed by atoms with Crippen LogP contribution >= 0.6 is 0 Å². The Hall–Kier alpha value is -2.49. The van der Waals surface area contributed by atoms with Gasteiger partial charge in [-0.3, -0.25) is 19.2 Å². The summed E-state index contributed by atoms with van der Waals surface area (Å²) in [6.07, 6.45) is -0.646. The fourth-order valence-corrected chi connectivity index (χ4v) is 1.47. The molecule has 0 aromatic rings. The summed E-state index contributed by atoms with van der Waals surface area (Å²) in [6.45, 7) is 1.39. The van der Waals surface area contributed by atoms with Crippen LogP contribution in [0.1, 0.15) is 26.2 Å². The molecule has 0 aromatic carbocycles. The largest absolute Gasteiger partial charge is 0.481 e. The lowest BCUT2D eigenvalue weighted by Crippen LogP contribution is -2.53. The fourth-order valence-electron chi connectivity index (χ4n) is 1.47. The van der Waals surface area contributed by atoms with Crippen molar-refractivity contribution >= 4 is 30.0 Å². The standard InChI is InChI=1S/C12H20N4O6/c1-6(13)11(21)16-8(2-3-10(19)20)12(22)15-7(5-17)4-9(14)18/h5-8H,2-4,13H2,1H3,(H2,14,18)(H,15,22)(H,16,21)(H,19,20)/t6-,7-,8-/m0/s1. The van der Waals surface area contributed by atoms with Gasteiger partial charge in [0.15, 0.2) is 0 Å². The highest BCUT2D eigenvalue weighted by molar-refractivity contribution is 5.91. The van der Waals surface area contributed by atoms with Gasteiger partial charge in [-0.15, -0.1) is 0 Å². The van der Waals surface area contributed by atoms with Gasteiger partial charge in [0.25, 0.3) is 0 Å². The molecule has 10 nitrogen and oxygen atoms in total. The topological polar surface area (TPSA) is 182 Å². The number of carboxylic acid groups (broad SMARTS) is 1. The van der Waals surface area contributed by atoms with Crippen molar-refractivity contribution in [2.75, 3.05) is 0 Å². The van der Waals surface area contributed by atoms with Crippen LogP contribution in [0.3, 0.4) is 0 Å². The monoisotopic (exact) mass is 316 g/mol. The molecule has 0 aliphatic heterocycles. The Morgan fingerprint density at radius 1 is 1.18 bits per heavy atom. The Labute approximate surface area is 126 Å². The van der Waals surface area contributed by atoms with Crippen molar-refractivity contribution < 1.29 is 29.1 Å². The zero-order valence-electron chi connectivity index (χ0n) is 12.1. The van der Waals surface area contributed by atoms with Crippen LogP contribution in [0.25, 0.3) is 0 Å². The Balaban J connectivity index is 4.85. The number of amides is 3. The van der Waals surface area contributed by atoms with E-state index in [1.54, 1.807) is 0 Å². The third-order valence-electron chi connectivity index (χ3n) is 2.61. The maximum Gasteiger partial charge on any atom is 0.303 e. The molecule has 0 aromatic heterocycles. The first kappa shape index (κ1) is 19.5. The zero-order valence-corrected chi connectivity index (χ0v) is 12.1. The number of nitrogens with one attached hydrogen (secondary N) is 2. The Kier molecular flexibility index (Phi) is 8.38. The summed E-state index contributed by atoms with van der Waals surface area (Å²) in [6, 6.07) is -3.23. The number of carbonyl (C=O) groups is 5. The number of carbonyl (C=O) groups excluding carboxylic acids is 4. The first-order chi connectivity index (χ1) is 10.2. The summed E-state index contributed by atoms with van der Waals surface area (Å²) in [7, 11) is 0. The predicted molar refractivity (Wildman–Crippen MR) is 74.3 cm³/mol. The number of primary amides is 1. The molecule has 124 valence electrons. The van der Waals surface area contributed by atoms with E-state index in [0.29, 0.717) is 6.29 Å². The van der Waals surface area contributed by atoms with E-state index in [-0.39, 0.29) is 12.8 Å². The minimum Gasteiger partial charge on any atom is -0.481 e. The van der Waals surface area contributed by atoms with Gasteiger partial charge in [-0.2, -0.15) is 0 Å². The fraction of sp³-hybridized carbons (Fsp3) is 0.583. The zero-order chi connectivity index (χ0) is 17.3. The molecule has 0 rings (SSSR count). The first-order valence-corrected chi connectivity index (χ1v) is 6.49. The van der Waals surface area contributed by atoms with Gasteiger partial charge in [0.2, 0.25) is 17.7 Å². The van der Waals surface area contributed by atoms with Gasteiger partial charge in [0, 0.05) is 6.42 Å². The van der Waals surface area contributed by atoms with Gasteiger partial charge >= 0.3 is 5.97 Å². The van der Waals surface area contributed by atoms with Gasteiger partial charge in [0.05, 0.1) is 18.5 Å². The van der Waals surface area contributed by atoms with Gasteiger partial charge < -0.3 is 32.0 Å². The minimum absolute atomic E-state index is 0.193. The molecule has 0 unspecified atom stereocenters. The van der Waals surface area contributed by atoms with Crippen LogP contribution in [-0.4, -0.2) is 53.2 Å². The predicted octanol–water partition coefficient (Wildman–Crippen LogP) is -2.76. The molecular weight excluding hydrogens is 296 g/mol. The van der Waals surface area contributed by atoms with E-state index in [1.807, 2.05) is 0 Å². The lowest BCUT2D eigenvalue weighted by Gasteiger charge is -2.20.